The van der Waals surface area contributed by atoms with Gasteiger partial charge in [0, 0.05) is 24.8 Å². The van der Waals surface area contributed by atoms with Crippen molar-refractivity contribution < 1.29 is 0 Å². The molecule has 0 amide bonds. The Morgan fingerprint density at radius 3 is 2.59 bits per heavy atom. The lowest BCUT2D eigenvalue weighted by Crippen LogP contribution is -2.47. The summed E-state index contributed by atoms with van der Waals surface area (Å²) in [6.07, 6.45) is 9.91. The van der Waals surface area contributed by atoms with Gasteiger partial charge in [-0.2, -0.15) is 0 Å². The van der Waals surface area contributed by atoms with Crippen molar-refractivity contribution in [3.8, 4) is 0 Å². The maximum Gasteiger partial charge on any atom is 0.0369 e. The van der Waals surface area contributed by atoms with Crippen LogP contribution >= 0.6 is 0 Å². The fraction of sp³-hybridized carbons (Fsp3) is 0.700. The maximum absolute atomic E-state index is 3.88. The summed E-state index contributed by atoms with van der Waals surface area (Å²) in [6, 6.07) is 7.60. The molecule has 1 saturated heterocycles. The third-order valence-corrected chi connectivity index (χ3v) is 5.70. The number of hydrogen-bond donors (Lipinski definition) is 1. The molecule has 1 atom stereocenters. The number of benzene rings is 1. The van der Waals surface area contributed by atoms with Gasteiger partial charge in [-0.25, -0.2) is 0 Å². The van der Waals surface area contributed by atoms with Crippen LogP contribution in [0.1, 0.15) is 56.1 Å². The van der Waals surface area contributed by atoms with E-state index in [1.165, 1.54) is 81.4 Å². The number of nitrogens with one attached hydrogen (secondary N) is 1. The summed E-state index contributed by atoms with van der Waals surface area (Å²) < 4.78 is 0. The Balaban J connectivity index is 1.53. The lowest BCUT2D eigenvalue weighted by Gasteiger charge is -2.36. The topological polar surface area (TPSA) is 15.3 Å². The summed E-state index contributed by atoms with van der Waals surface area (Å²) in [7, 11) is 0. The van der Waals surface area contributed by atoms with Crippen LogP contribution in [0.2, 0.25) is 0 Å². The van der Waals surface area contributed by atoms with Crippen molar-refractivity contribution in [2.45, 2.75) is 64.8 Å². The van der Waals surface area contributed by atoms with Crippen LogP contribution in [0.3, 0.4) is 0 Å². The van der Waals surface area contributed by atoms with E-state index in [-0.39, 0.29) is 0 Å². The molecule has 1 heterocycles. The molecule has 2 fully saturated rings. The van der Waals surface area contributed by atoms with Crippen LogP contribution in [0.5, 0.6) is 0 Å². The Morgan fingerprint density at radius 1 is 1.00 bits per heavy atom. The highest BCUT2D eigenvalue weighted by Gasteiger charge is 2.21. The number of nitrogens with zero attached hydrogens (tertiary/aromatic N) is 1. The smallest absolute Gasteiger partial charge is 0.0369 e. The van der Waals surface area contributed by atoms with Gasteiger partial charge >= 0.3 is 0 Å². The molecule has 22 heavy (non-hydrogen) atoms. The number of anilines is 1. The lowest BCUT2D eigenvalue weighted by molar-refractivity contribution is 0.314. The molecule has 1 aliphatic carbocycles. The first kappa shape index (κ1) is 15.9. The standard InChI is InChI=1S/C20H32N2/c1-16-10-11-20(13-17(16)2)22-12-6-9-19(15-22)21-14-18-7-4-3-5-8-18/h10-11,13,18-19,21H,3-9,12,14-15H2,1-2H3. The summed E-state index contributed by atoms with van der Waals surface area (Å²) in [6.45, 7) is 8.05. The number of hydrogen-bond acceptors (Lipinski definition) is 2. The Morgan fingerprint density at radius 2 is 1.82 bits per heavy atom. The molecule has 1 aromatic rings. The van der Waals surface area contributed by atoms with Gasteiger partial charge in [0.15, 0.2) is 0 Å². The molecule has 2 heteroatoms. The highest BCUT2D eigenvalue weighted by Crippen LogP contribution is 2.25. The van der Waals surface area contributed by atoms with Gasteiger partial charge in [0.05, 0.1) is 0 Å². The number of rotatable bonds is 4. The van der Waals surface area contributed by atoms with Crippen LogP contribution < -0.4 is 10.2 Å². The van der Waals surface area contributed by atoms with Gasteiger partial charge in [-0.05, 0) is 75.3 Å². The van der Waals surface area contributed by atoms with Crippen molar-refractivity contribution in [3.63, 3.8) is 0 Å². The highest BCUT2D eigenvalue weighted by molar-refractivity contribution is 5.51. The lowest BCUT2D eigenvalue weighted by atomic mass is 9.89. The Labute approximate surface area is 136 Å². The number of aryl methyl sites for hydroxylation is 2. The predicted molar refractivity (Wildman–Crippen MR) is 95.7 cm³/mol. The van der Waals surface area contributed by atoms with Gasteiger partial charge in [-0.3, -0.25) is 0 Å². The monoisotopic (exact) mass is 300 g/mol. The molecule has 1 saturated carbocycles. The third-order valence-electron chi connectivity index (χ3n) is 5.70. The summed E-state index contributed by atoms with van der Waals surface area (Å²) in [5.74, 6) is 0.936. The van der Waals surface area contributed by atoms with Crippen molar-refractivity contribution in [2.75, 3.05) is 24.5 Å². The Hall–Kier alpha value is -1.02. The molecule has 0 radical (unpaired) electrons. The first-order chi connectivity index (χ1) is 10.7. The summed E-state index contributed by atoms with van der Waals surface area (Å²) >= 11 is 0. The van der Waals surface area contributed by atoms with Gasteiger partial charge in [-0.15, -0.1) is 0 Å². The zero-order chi connectivity index (χ0) is 15.4. The van der Waals surface area contributed by atoms with E-state index in [1.807, 2.05) is 0 Å². The van der Waals surface area contributed by atoms with Crippen LogP contribution in [-0.4, -0.2) is 25.7 Å². The summed E-state index contributed by atoms with van der Waals surface area (Å²) in [5.41, 5.74) is 4.22. The molecule has 0 bridgehead atoms. The van der Waals surface area contributed by atoms with Crippen molar-refractivity contribution in [2.24, 2.45) is 5.92 Å². The van der Waals surface area contributed by atoms with Gasteiger partial charge in [0.1, 0.15) is 0 Å². The van der Waals surface area contributed by atoms with Crippen molar-refractivity contribution in [3.05, 3.63) is 29.3 Å². The molecule has 1 unspecified atom stereocenters. The first-order valence-corrected chi connectivity index (χ1v) is 9.28. The van der Waals surface area contributed by atoms with Crippen LogP contribution in [0.25, 0.3) is 0 Å². The molecule has 1 aliphatic heterocycles. The van der Waals surface area contributed by atoms with E-state index in [9.17, 15) is 0 Å². The van der Waals surface area contributed by atoms with E-state index < -0.39 is 0 Å². The van der Waals surface area contributed by atoms with E-state index in [0.717, 1.165) is 5.92 Å². The van der Waals surface area contributed by atoms with Gasteiger partial charge in [0.25, 0.3) is 0 Å². The second-order valence-corrected chi connectivity index (χ2v) is 7.47. The van der Waals surface area contributed by atoms with Crippen LogP contribution in [0.4, 0.5) is 5.69 Å². The Kier molecular flexibility index (Phi) is 5.41. The summed E-state index contributed by atoms with van der Waals surface area (Å²) in [5, 5.41) is 3.88. The minimum absolute atomic E-state index is 0.678. The summed E-state index contributed by atoms with van der Waals surface area (Å²) in [4.78, 5) is 2.58. The number of piperidine rings is 1. The molecule has 2 nitrogen and oxygen atoms in total. The van der Waals surface area contributed by atoms with E-state index in [1.54, 1.807) is 0 Å². The fourth-order valence-electron chi connectivity index (χ4n) is 4.03. The Bertz CT molecular complexity index is 477. The molecular formula is C20H32N2. The molecule has 1 aromatic carbocycles. The van der Waals surface area contributed by atoms with E-state index in [0.29, 0.717) is 6.04 Å². The zero-order valence-electron chi connectivity index (χ0n) is 14.4. The van der Waals surface area contributed by atoms with E-state index >= 15 is 0 Å². The average Bonchev–Trinajstić information content (AvgIpc) is 2.57. The quantitative estimate of drug-likeness (QED) is 0.884. The molecule has 1 N–H and O–H groups in total. The SMILES string of the molecule is Cc1ccc(N2CCCC(NCC3CCCCC3)C2)cc1C. The van der Waals surface area contributed by atoms with Crippen LogP contribution in [0, 0.1) is 19.8 Å². The highest BCUT2D eigenvalue weighted by atomic mass is 15.2. The maximum atomic E-state index is 3.88. The van der Waals surface area contributed by atoms with E-state index in [4.69, 9.17) is 0 Å². The van der Waals surface area contributed by atoms with Crippen molar-refractivity contribution >= 4 is 5.69 Å². The predicted octanol–water partition coefficient (Wildman–Crippen LogP) is 4.44. The van der Waals surface area contributed by atoms with Crippen molar-refractivity contribution in [1.82, 2.24) is 5.32 Å². The molecule has 0 spiro atoms. The second-order valence-electron chi connectivity index (χ2n) is 7.47. The molecule has 2 aliphatic rings. The zero-order valence-corrected chi connectivity index (χ0v) is 14.4. The average molecular weight is 300 g/mol. The third kappa shape index (κ3) is 4.04. The molecular weight excluding hydrogens is 268 g/mol. The molecule has 122 valence electrons. The minimum Gasteiger partial charge on any atom is -0.370 e. The first-order valence-electron chi connectivity index (χ1n) is 9.28. The minimum atomic E-state index is 0.678. The van der Waals surface area contributed by atoms with E-state index in [2.05, 4.69) is 42.3 Å². The molecule has 0 aromatic heterocycles. The van der Waals surface area contributed by atoms with Crippen molar-refractivity contribution in [1.29, 1.82) is 0 Å². The van der Waals surface area contributed by atoms with Gasteiger partial charge < -0.3 is 10.2 Å². The molecule has 3 rings (SSSR count). The second kappa shape index (κ2) is 7.50. The van der Waals surface area contributed by atoms with Gasteiger partial charge in [0.2, 0.25) is 0 Å². The van der Waals surface area contributed by atoms with Gasteiger partial charge in [-0.1, -0.05) is 25.3 Å². The largest absolute Gasteiger partial charge is 0.370 e. The fourth-order valence-corrected chi connectivity index (χ4v) is 4.03. The van der Waals surface area contributed by atoms with Crippen LogP contribution in [-0.2, 0) is 0 Å². The van der Waals surface area contributed by atoms with Crippen LogP contribution in [0.15, 0.2) is 18.2 Å². The normalized spacial score (nSPS) is 23.7.